The van der Waals surface area contributed by atoms with E-state index in [1.165, 1.54) is 31.4 Å². The normalized spacial score (nSPS) is 11.7. The first-order chi connectivity index (χ1) is 17.5. The number of aryl methyl sites for hydroxylation is 1. The van der Waals surface area contributed by atoms with Gasteiger partial charge in [-0.3, -0.25) is 9.35 Å². The number of aromatic hydroxyl groups is 1. The monoisotopic (exact) mass is 559 g/mol. The first-order valence-electron chi connectivity index (χ1n) is 10.6. The lowest BCUT2D eigenvalue weighted by atomic mass is 10.0. The van der Waals surface area contributed by atoms with Crippen LogP contribution in [0.5, 0.6) is 11.5 Å². The summed E-state index contributed by atoms with van der Waals surface area (Å²) in [5.41, 5.74) is 0.482. The molecule has 0 fully saturated rings. The van der Waals surface area contributed by atoms with Crippen LogP contribution in [-0.2, 0) is 10.1 Å². The summed E-state index contributed by atoms with van der Waals surface area (Å²) in [6.07, 6.45) is 0. The fraction of sp³-hybridized carbons (Fsp3) is 0.0800. The number of phenolic OH excluding ortho intramolecular Hbond substituents is 1. The quantitative estimate of drug-likeness (QED) is 0.170. The summed E-state index contributed by atoms with van der Waals surface area (Å²) >= 11 is 12.2. The number of benzene rings is 4. The smallest absolute Gasteiger partial charge is 0.298 e. The van der Waals surface area contributed by atoms with Crippen molar-refractivity contribution < 1.29 is 27.6 Å². The van der Waals surface area contributed by atoms with Crippen LogP contribution in [0.2, 0.25) is 10.0 Å². The van der Waals surface area contributed by atoms with Crippen molar-refractivity contribution in [2.75, 3.05) is 12.4 Å². The first kappa shape index (κ1) is 26.4. The molecule has 0 spiro atoms. The minimum absolute atomic E-state index is 0.0880. The van der Waals surface area contributed by atoms with E-state index in [0.717, 1.165) is 0 Å². The molecule has 1 amide bonds. The molecule has 3 N–H and O–H groups in total. The lowest BCUT2D eigenvalue weighted by Crippen LogP contribution is -2.12. The minimum atomic E-state index is -4.73. The Balaban J connectivity index is 1.82. The number of carbonyl (C=O) groups excluding carboxylic acids is 1. The van der Waals surface area contributed by atoms with E-state index in [2.05, 4.69) is 15.5 Å². The molecule has 0 aliphatic carbocycles. The van der Waals surface area contributed by atoms with Crippen molar-refractivity contribution >= 4 is 67.1 Å². The molecule has 4 aromatic carbocycles. The number of hydrogen-bond donors (Lipinski definition) is 3. The van der Waals surface area contributed by atoms with Crippen LogP contribution in [0.1, 0.15) is 15.9 Å². The fourth-order valence-corrected chi connectivity index (χ4v) is 5.17. The Morgan fingerprint density at radius 3 is 2.41 bits per heavy atom. The number of methoxy groups -OCH3 is 1. The number of halogens is 2. The number of fused-ring (bicyclic) bond motifs is 1. The van der Waals surface area contributed by atoms with Crippen LogP contribution in [-0.4, -0.2) is 31.1 Å². The maximum Gasteiger partial charge on any atom is 0.298 e. The van der Waals surface area contributed by atoms with E-state index >= 15 is 0 Å². The molecule has 0 atom stereocenters. The van der Waals surface area contributed by atoms with E-state index in [0.29, 0.717) is 27.8 Å². The number of carbonyl (C=O) groups is 1. The second-order valence-corrected chi connectivity index (χ2v) is 10.1. The molecule has 9 nitrogen and oxygen atoms in total. The second-order valence-electron chi connectivity index (χ2n) is 7.92. The SMILES string of the molecule is COc1ccc(NC(=O)c2cc3ccccc3c(N=Nc3cc(C)cc(Cl)c3S(=O)(=O)O)c2O)cc1Cl. The Morgan fingerprint density at radius 2 is 1.73 bits per heavy atom. The topological polar surface area (TPSA) is 138 Å². The number of ether oxygens (including phenoxy) is 1. The van der Waals surface area contributed by atoms with Crippen molar-refractivity contribution in [1.82, 2.24) is 0 Å². The van der Waals surface area contributed by atoms with Crippen LogP contribution in [0.3, 0.4) is 0 Å². The summed E-state index contributed by atoms with van der Waals surface area (Å²) in [5, 5.41) is 22.8. The van der Waals surface area contributed by atoms with Crippen LogP contribution < -0.4 is 10.1 Å². The van der Waals surface area contributed by atoms with Crippen LogP contribution in [0, 0.1) is 6.92 Å². The van der Waals surface area contributed by atoms with E-state index in [1.807, 2.05) is 0 Å². The molecule has 0 aromatic heterocycles. The third kappa shape index (κ3) is 5.52. The van der Waals surface area contributed by atoms with Gasteiger partial charge in [0.25, 0.3) is 16.0 Å². The third-order valence-corrected chi connectivity index (χ3v) is 6.98. The maximum absolute atomic E-state index is 13.1. The van der Waals surface area contributed by atoms with Gasteiger partial charge >= 0.3 is 0 Å². The Bertz CT molecular complexity index is 1690. The lowest BCUT2D eigenvalue weighted by Gasteiger charge is -2.12. The van der Waals surface area contributed by atoms with Gasteiger partial charge in [0.1, 0.15) is 22.0 Å². The Kier molecular flexibility index (Phi) is 7.37. The highest BCUT2D eigenvalue weighted by Gasteiger charge is 2.22. The number of anilines is 1. The number of hydrogen-bond acceptors (Lipinski definition) is 7. The number of azo groups is 1. The predicted molar refractivity (Wildman–Crippen MR) is 142 cm³/mol. The van der Waals surface area contributed by atoms with Gasteiger partial charge in [0.2, 0.25) is 0 Å². The van der Waals surface area contributed by atoms with Gasteiger partial charge in [0.05, 0.1) is 22.7 Å². The molecule has 4 rings (SSSR count). The van der Waals surface area contributed by atoms with E-state index in [-0.39, 0.29) is 27.0 Å². The zero-order valence-corrected chi connectivity index (χ0v) is 21.7. The molecular weight excluding hydrogens is 541 g/mol. The van der Waals surface area contributed by atoms with Crippen LogP contribution in [0.15, 0.2) is 75.8 Å². The number of nitrogens with zero attached hydrogens (tertiary/aromatic N) is 2. The molecule has 0 aliphatic rings. The van der Waals surface area contributed by atoms with Gasteiger partial charge in [-0.15, -0.1) is 10.2 Å². The van der Waals surface area contributed by atoms with Crippen LogP contribution in [0.4, 0.5) is 17.1 Å². The van der Waals surface area contributed by atoms with Crippen molar-refractivity contribution in [3.05, 3.63) is 81.8 Å². The van der Waals surface area contributed by atoms with E-state index in [9.17, 15) is 22.9 Å². The highest BCUT2D eigenvalue weighted by atomic mass is 35.5. The molecule has 0 saturated heterocycles. The molecule has 0 saturated carbocycles. The predicted octanol–water partition coefficient (Wildman–Crippen LogP) is 7.08. The molecule has 0 unspecified atom stereocenters. The van der Waals surface area contributed by atoms with Crippen LogP contribution in [0.25, 0.3) is 10.8 Å². The Morgan fingerprint density at radius 1 is 1.00 bits per heavy atom. The Hall–Kier alpha value is -3.70. The largest absolute Gasteiger partial charge is 0.505 e. The van der Waals surface area contributed by atoms with Crippen LogP contribution >= 0.6 is 23.2 Å². The number of amides is 1. The van der Waals surface area contributed by atoms with Gasteiger partial charge < -0.3 is 15.2 Å². The summed E-state index contributed by atoms with van der Waals surface area (Å²) < 4.78 is 38.6. The fourth-order valence-electron chi connectivity index (χ4n) is 3.68. The van der Waals surface area contributed by atoms with Crippen molar-refractivity contribution in [3.63, 3.8) is 0 Å². The molecule has 0 heterocycles. The van der Waals surface area contributed by atoms with Gasteiger partial charge in [0.15, 0.2) is 5.75 Å². The van der Waals surface area contributed by atoms with E-state index in [1.54, 1.807) is 43.3 Å². The summed E-state index contributed by atoms with van der Waals surface area (Å²) in [4.78, 5) is 12.5. The van der Waals surface area contributed by atoms with E-state index < -0.39 is 26.7 Å². The van der Waals surface area contributed by atoms with Gasteiger partial charge in [0, 0.05) is 11.1 Å². The maximum atomic E-state index is 13.1. The highest BCUT2D eigenvalue weighted by Crippen LogP contribution is 2.41. The molecule has 0 radical (unpaired) electrons. The number of nitrogens with one attached hydrogen (secondary N) is 1. The van der Waals surface area contributed by atoms with Gasteiger partial charge in [-0.25, -0.2) is 0 Å². The summed E-state index contributed by atoms with van der Waals surface area (Å²) in [5.74, 6) is -0.721. The highest BCUT2D eigenvalue weighted by molar-refractivity contribution is 7.86. The molecule has 0 aliphatic heterocycles. The summed E-state index contributed by atoms with van der Waals surface area (Å²) in [7, 11) is -3.27. The molecule has 190 valence electrons. The van der Waals surface area contributed by atoms with Gasteiger partial charge in [-0.05, 0) is 54.3 Å². The standard InChI is InChI=1S/C25H19Cl2N3O6S/c1-13-9-19(27)24(37(33,34)35)20(10-13)29-30-22-16-6-4-3-5-14(16)11-17(23(22)31)25(32)28-15-7-8-21(36-2)18(26)12-15/h3-12,31H,1-2H3,(H,28,32)(H,33,34,35). The lowest BCUT2D eigenvalue weighted by molar-refractivity contribution is 0.102. The molecule has 12 heteroatoms. The molecule has 4 aromatic rings. The molecular formula is C25H19Cl2N3O6S. The number of rotatable bonds is 6. The minimum Gasteiger partial charge on any atom is -0.505 e. The van der Waals surface area contributed by atoms with E-state index in [4.69, 9.17) is 27.9 Å². The average molecular weight is 560 g/mol. The van der Waals surface area contributed by atoms with Crippen molar-refractivity contribution in [3.8, 4) is 11.5 Å². The molecule has 37 heavy (non-hydrogen) atoms. The van der Waals surface area contributed by atoms with Gasteiger partial charge in [-0.1, -0.05) is 47.5 Å². The number of phenols is 1. The molecule has 0 bridgehead atoms. The van der Waals surface area contributed by atoms with Crippen molar-refractivity contribution in [2.24, 2.45) is 10.2 Å². The zero-order chi connectivity index (χ0) is 26.9. The first-order valence-corrected chi connectivity index (χ1v) is 12.8. The average Bonchev–Trinajstić information content (AvgIpc) is 2.82. The third-order valence-electron chi connectivity index (χ3n) is 5.33. The zero-order valence-electron chi connectivity index (χ0n) is 19.4. The summed E-state index contributed by atoms with van der Waals surface area (Å²) in [6, 6.07) is 15.7. The summed E-state index contributed by atoms with van der Waals surface area (Å²) in [6.45, 7) is 1.65. The second kappa shape index (κ2) is 10.3. The van der Waals surface area contributed by atoms with Gasteiger partial charge in [-0.2, -0.15) is 8.42 Å². The van der Waals surface area contributed by atoms with Crippen molar-refractivity contribution in [1.29, 1.82) is 0 Å². The Labute approximate surface area is 222 Å². The van der Waals surface area contributed by atoms with Crippen molar-refractivity contribution in [2.45, 2.75) is 11.8 Å².